The second kappa shape index (κ2) is 6.11. The Morgan fingerprint density at radius 1 is 1.25 bits per heavy atom. The Bertz CT molecular complexity index is 907. The van der Waals surface area contributed by atoms with Gasteiger partial charge in [-0.05, 0) is 44.9 Å². The fourth-order valence-electron chi connectivity index (χ4n) is 3.06. The quantitative estimate of drug-likeness (QED) is 0.797. The first-order valence-electron chi connectivity index (χ1n) is 8.08. The number of rotatable bonds is 4. The number of aryl methyl sites for hydroxylation is 4. The Labute approximate surface area is 140 Å². The molecule has 0 atom stereocenters. The Balaban J connectivity index is 1.97. The summed E-state index contributed by atoms with van der Waals surface area (Å²) in [5, 5.41) is 4.98. The van der Waals surface area contributed by atoms with Gasteiger partial charge in [-0.1, -0.05) is 16.8 Å². The molecule has 0 aliphatic carbocycles. The molecule has 0 spiro atoms. The van der Waals surface area contributed by atoms with E-state index in [2.05, 4.69) is 41.1 Å². The zero-order valence-corrected chi connectivity index (χ0v) is 14.7. The highest BCUT2D eigenvalue weighted by atomic mass is 16.5. The molecule has 0 fully saturated rings. The number of benzene rings is 1. The van der Waals surface area contributed by atoms with E-state index in [1.165, 1.54) is 5.56 Å². The number of hydrogen-bond donors (Lipinski definition) is 1. The first-order chi connectivity index (χ1) is 11.4. The summed E-state index contributed by atoms with van der Waals surface area (Å²) in [6.07, 6.45) is 0. The van der Waals surface area contributed by atoms with Crippen LogP contribution in [0, 0.1) is 27.7 Å². The molecule has 126 valence electrons. The number of aromatic amines is 1. The smallest absolute Gasteiger partial charge is 0.270 e. The number of nitrogens with zero attached hydrogens (tertiary/aromatic N) is 3. The fourth-order valence-corrected chi connectivity index (χ4v) is 3.06. The van der Waals surface area contributed by atoms with Crippen LogP contribution in [0.15, 0.2) is 16.7 Å². The molecule has 1 aromatic carbocycles. The van der Waals surface area contributed by atoms with E-state index < -0.39 is 0 Å². The van der Waals surface area contributed by atoms with E-state index in [1.807, 2.05) is 13.8 Å². The van der Waals surface area contributed by atoms with Gasteiger partial charge in [0.1, 0.15) is 5.69 Å². The molecule has 0 aliphatic rings. The number of H-pyrrole nitrogens is 1. The second-order valence-electron chi connectivity index (χ2n) is 6.18. The second-order valence-corrected chi connectivity index (χ2v) is 6.18. The van der Waals surface area contributed by atoms with Crippen LogP contribution >= 0.6 is 0 Å². The topological polar surface area (TPSA) is 75.0 Å². The van der Waals surface area contributed by atoms with Crippen molar-refractivity contribution in [2.45, 2.75) is 41.2 Å². The van der Waals surface area contributed by atoms with Gasteiger partial charge in [0, 0.05) is 24.4 Å². The zero-order chi connectivity index (χ0) is 17.4. The third-order valence-corrected chi connectivity index (χ3v) is 4.29. The molecule has 1 N–H and O–H groups in total. The van der Waals surface area contributed by atoms with Gasteiger partial charge in [0.05, 0.1) is 6.54 Å². The predicted molar refractivity (Wildman–Crippen MR) is 92.0 cm³/mol. The fraction of sp³-hybridized carbons (Fsp3) is 0.389. The molecule has 2 aromatic heterocycles. The molecule has 3 rings (SSSR count). The maximum Gasteiger partial charge on any atom is 0.270 e. The van der Waals surface area contributed by atoms with Crippen molar-refractivity contribution in [1.29, 1.82) is 0 Å². The Kier molecular flexibility index (Phi) is 4.13. The van der Waals surface area contributed by atoms with Crippen LogP contribution in [0.2, 0.25) is 0 Å². The van der Waals surface area contributed by atoms with Crippen LogP contribution in [0.25, 0.3) is 10.9 Å². The van der Waals surface area contributed by atoms with Gasteiger partial charge < -0.3 is 14.4 Å². The van der Waals surface area contributed by atoms with Crippen molar-refractivity contribution in [3.63, 3.8) is 0 Å². The molecule has 0 radical (unpaired) electrons. The SMILES string of the molecule is CCN(Cc1noc(C)n1)C(=O)c1[nH]c2c(C)cc(C)cc2c1C. The van der Waals surface area contributed by atoms with E-state index in [1.54, 1.807) is 11.8 Å². The molecule has 3 aromatic rings. The van der Waals surface area contributed by atoms with Crippen LogP contribution in [-0.2, 0) is 6.54 Å². The normalized spacial score (nSPS) is 11.2. The molecule has 0 bridgehead atoms. The summed E-state index contributed by atoms with van der Waals surface area (Å²) in [6, 6.07) is 4.23. The summed E-state index contributed by atoms with van der Waals surface area (Å²) in [7, 11) is 0. The number of carbonyl (C=O) groups excluding carboxylic acids is 1. The van der Waals surface area contributed by atoms with Crippen molar-refractivity contribution in [3.05, 3.63) is 46.2 Å². The van der Waals surface area contributed by atoms with Crippen LogP contribution in [0.5, 0.6) is 0 Å². The lowest BCUT2D eigenvalue weighted by Crippen LogP contribution is -2.31. The molecule has 0 saturated carbocycles. The molecular weight excluding hydrogens is 304 g/mol. The Hall–Kier alpha value is -2.63. The molecule has 6 nitrogen and oxygen atoms in total. The van der Waals surface area contributed by atoms with Crippen LogP contribution in [0.4, 0.5) is 0 Å². The lowest BCUT2D eigenvalue weighted by atomic mass is 10.1. The van der Waals surface area contributed by atoms with Crippen molar-refractivity contribution in [2.24, 2.45) is 0 Å². The zero-order valence-electron chi connectivity index (χ0n) is 14.7. The number of aromatic nitrogens is 3. The molecule has 2 heterocycles. The molecule has 1 amide bonds. The summed E-state index contributed by atoms with van der Waals surface area (Å²) in [4.78, 5) is 22.2. The molecule has 0 saturated heterocycles. The first kappa shape index (κ1) is 16.2. The summed E-state index contributed by atoms with van der Waals surface area (Å²) in [6.45, 7) is 10.7. The molecular formula is C18H22N4O2. The van der Waals surface area contributed by atoms with Crippen molar-refractivity contribution in [2.75, 3.05) is 6.54 Å². The van der Waals surface area contributed by atoms with Crippen LogP contribution in [0.1, 0.15) is 45.8 Å². The van der Waals surface area contributed by atoms with E-state index in [-0.39, 0.29) is 5.91 Å². The minimum atomic E-state index is -0.0503. The number of nitrogens with one attached hydrogen (secondary N) is 1. The van der Waals surface area contributed by atoms with E-state index in [0.717, 1.165) is 22.0 Å². The van der Waals surface area contributed by atoms with E-state index in [9.17, 15) is 4.79 Å². The van der Waals surface area contributed by atoms with Gasteiger partial charge in [-0.2, -0.15) is 4.98 Å². The number of carbonyl (C=O) groups is 1. The molecule has 24 heavy (non-hydrogen) atoms. The van der Waals surface area contributed by atoms with Gasteiger partial charge in [-0.25, -0.2) is 0 Å². The van der Waals surface area contributed by atoms with Gasteiger partial charge in [0.2, 0.25) is 5.89 Å². The van der Waals surface area contributed by atoms with Crippen molar-refractivity contribution in [1.82, 2.24) is 20.0 Å². The van der Waals surface area contributed by atoms with Gasteiger partial charge in [-0.3, -0.25) is 4.79 Å². The maximum absolute atomic E-state index is 13.0. The number of amides is 1. The highest BCUT2D eigenvalue weighted by molar-refractivity contribution is 6.01. The lowest BCUT2D eigenvalue weighted by Gasteiger charge is -2.18. The van der Waals surface area contributed by atoms with Gasteiger partial charge in [-0.15, -0.1) is 0 Å². The predicted octanol–water partition coefficient (Wildman–Crippen LogP) is 3.45. The molecule has 0 unspecified atom stereocenters. The van der Waals surface area contributed by atoms with Crippen molar-refractivity contribution in [3.8, 4) is 0 Å². The largest absolute Gasteiger partial charge is 0.350 e. The Morgan fingerprint density at radius 2 is 2.00 bits per heavy atom. The highest BCUT2D eigenvalue weighted by Gasteiger charge is 2.22. The minimum absolute atomic E-state index is 0.0503. The van der Waals surface area contributed by atoms with Gasteiger partial charge >= 0.3 is 0 Å². The van der Waals surface area contributed by atoms with Gasteiger partial charge in [0.25, 0.3) is 5.91 Å². The summed E-state index contributed by atoms with van der Waals surface area (Å²) in [5.41, 5.74) is 4.96. The number of hydrogen-bond acceptors (Lipinski definition) is 4. The van der Waals surface area contributed by atoms with Crippen molar-refractivity contribution >= 4 is 16.8 Å². The first-order valence-corrected chi connectivity index (χ1v) is 8.08. The van der Waals surface area contributed by atoms with E-state index >= 15 is 0 Å². The van der Waals surface area contributed by atoms with Crippen LogP contribution in [-0.4, -0.2) is 32.5 Å². The average Bonchev–Trinajstić information content (AvgIpc) is 3.09. The van der Waals surface area contributed by atoms with E-state index in [4.69, 9.17) is 4.52 Å². The monoisotopic (exact) mass is 326 g/mol. The number of fused-ring (bicyclic) bond motifs is 1. The standard InChI is InChI=1S/C18H22N4O2/c1-6-22(9-15-19-13(5)24-21-15)18(23)17-12(4)14-8-10(2)7-11(3)16(14)20-17/h7-8,20H,6,9H2,1-5H3. The maximum atomic E-state index is 13.0. The summed E-state index contributed by atoms with van der Waals surface area (Å²) < 4.78 is 4.99. The Morgan fingerprint density at radius 3 is 2.62 bits per heavy atom. The van der Waals surface area contributed by atoms with Gasteiger partial charge in [0.15, 0.2) is 5.82 Å². The van der Waals surface area contributed by atoms with Crippen LogP contribution < -0.4 is 0 Å². The third-order valence-electron chi connectivity index (χ3n) is 4.29. The highest BCUT2D eigenvalue weighted by Crippen LogP contribution is 2.27. The average molecular weight is 326 g/mol. The molecule has 6 heteroatoms. The van der Waals surface area contributed by atoms with Crippen molar-refractivity contribution < 1.29 is 9.32 Å². The third kappa shape index (κ3) is 2.79. The molecule has 0 aliphatic heterocycles. The lowest BCUT2D eigenvalue weighted by molar-refractivity contribution is 0.0741. The summed E-state index contributed by atoms with van der Waals surface area (Å²) >= 11 is 0. The van der Waals surface area contributed by atoms with Crippen LogP contribution in [0.3, 0.4) is 0 Å². The minimum Gasteiger partial charge on any atom is -0.350 e. The van der Waals surface area contributed by atoms with E-state index in [0.29, 0.717) is 30.5 Å². The summed E-state index contributed by atoms with van der Waals surface area (Å²) in [5.74, 6) is 0.968.